The molecule has 0 saturated carbocycles. The number of nitrogens with one attached hydrogen (secondary N) is 1. The van der Waals surface area contributed by atoms with Crippen LogP contribution in [-0.4, -0.2) is 29.3 Å². The fourth-order valence-electron chi connectivity index (χ4n) is 4.98. The first kappa shape index (κ1) is 24.7. The summed E-state index contributed by atoms with van der Waals surface area (Å²) in [6.07, 6.45) is 4.63. The predicted octanol–water partition coefficient (Wildman–Crippen LogP) is 6.14. The highest BCUT2D eigenvalue weighted by Gasteiger charge is 2.43. The molecule has 1 heterocycles. The van der Waals surface area contributed by atoms with Crippen molar-refractivity contribution in [2.24, 2.45) is 11.8 Å². The van der Waals surface area contributed by atoms with Gasteiger partial charge in [-0.3, -0.25) is 9.59 Å². The summed E-state index contributed by atoms with van der Waals surface area (Å²) in [6.45, 7) is 2.02. The molecule has 1 aliphatic heterocycles. The minimum absolute atomic E-state index is 0.0215. The van der Waals surface area contributed by atoms with Gasteiger partial charge in [0.15, 0.2) is 0 Å². The van der Waals surface area contributed by atoms with Crippen molar-refractivity contribution in [2.75, 3.05) is 11.9 Å². The number of allylic oxidation sites excluding steroid dienone is 3. The van der Waals surface area contributed by atoms with E-state index in [0.717, 1.165) is 12.1 Å². The highest BCUT2D eigenvalue weighted by atomic mass is 19.4. The Morgan fingerprint density at radius 3 is 2.54 bits per heavy atom. The molecule has 35 heavy (non-hydrogen) atoms. The number of alkyl halides is 3. The van der Waals surface area contributed by atoms with Gasteiger partial charge in [0, 0.05) is 18.2 Å². The molecular weight excluding hydrogens is 460 g/mol. The molecule has 3 atom stereocenters. The molecule has 8 heteroatoms. The van der Waals surface area contributed by atoms with Crippen LogP contribution in [0.15, 0.2) is 66.8 Å². The van der Waals surface area contributed by atoms with Crippen LogP contribution in [0.4, 0.5) is 23.2 Å². The van der Waals surface area contributed by atoms with Crippen molar-refractivity contribution in [1.82, 2.24) is 4.90 Å². The number of hydrogen-bond donors (Lipinski definition) is 1. The first-order valence-electron chi connectivity index (χ1n) is 11.5. The van der Waals surface area contributed by atoms with Crippen LogP contribution in [-0.2, 0) is 11.0 Å². The Bertz CT molecular complexity index is 1150. The number of halogens is 4. The third-order valence-corrected chi connectivity index (χ3v) is 6.63. The topological polar surface area (TPSA) is 49.4 Å². The number of likely N-dealkylation sites (tertiary alicyclic amines) is 1. The second kappa shape index (κ2) is 10.1. The maximum Gasteiger partial charge on any atom is 0.416 e. The maximum atomic E-state index is 14.7. The van der Waals surface area contributed by atoms with Crippen LogP contribution in [0.3, 0.4) is 0 Å². The fourth-order valence-corrected chi connectivity index (χ4v) is 4.98. The summed E-state index contributed by atoms with van der Waals surface area (Å²) in [5.74, 6) is -2.42. The van der Waals surface area contributed by atoms with Gasteiger partial charge in [-0.25, -0.2) is 4.39 Å². The third kappa shape index (κ3) is 5.31. The Hall–Kier alpha value is -3.42. The van der Waals surface area contributed by atoms with Gasteiger partial charge in [-0.05, 0) is 56.0 Å². The molecule has 1 N–H and O–H groups in total. The number of benzene rings is 2. The van der Waals surface area contributed by atoms with Crippen molar-refractivity contribution >= 4 is 17.5 Å². The number of hydrogen-bond acceptors (Lipinski definition) is 2. The Morgan fingerprint density at radius 1 is 1.09 bits per heavy atom. The van der Waals surface area contributed by atoms with Gasteiger partial charge in [0.2, 0.25) is 5.91 Å². The molecule has 2 amide bonds. The highest BCUT2D eigenvalue weighted by Crippen LogP contribution is 2.36. The predicted molar refractivity (Wildman–Crippen MR) is 125 cm³/mol. The second-order valence-corrected chi connectivity index (χ2v) is 8.95. The van der Waals surface area contributed by atoms with E-state index in [1.54, 1.807) is 17.9 Å². The molecule has 2 aromatic rings. The largest absolute Gasteiger partial charge is 0.416 e. The zero-order valence-corrected chi connectivity index (χ0v) is 19.2. The smallest absolute Gasteiger partial charge is 0.334 e. The third-order valence-electron chi connectivity index (χ3n) is 6.63. The first-order chi connectivity index (χ1) is 16.7. The van der Waals surface area contributed by atoms with Gasteiger partial charge in [-0.2, -0.15) is 13.2 Å². The summed E-state index contributed by atoms with van der Waals surface area (Å²) in [5.41, 5.74) is -0.339. The number of nitrogens with zero attached hydrogens (tertiary/aromatic N) is 1. The standard InChI is InChI=1S/C27H26F4N2O2/c1-17-8-5-14-22(28)23(17)26(35)33-15-7-13-21(24(33)18-9-3-2-4-10-18)25(34)32-20-12-6-11-19(16-20)27(29,30)31/h2-6,8-9,11-12,14,16,18,21,24H,7,10,13,15H2,1H3,(H,32,34)/t18-,21?,24?/m1/s1. The minimum Gasteiger partial charge on any atom is -0.334 e. The molecule has 0 bridgehead atoms. The summed E-state index contributed by atoms with van der Waals surface area (Å²) in [7, 11) is 0. The number of amides is 2. The second-order valence-electron chi connectivity index (χ2n) is 8.95. The van der Waals surface area contributed by atoms with E-state index in [4.69, 9.17) is 0 Å². The zero-order valence-electron chi connectivity index (χ0n) is 19.2. The maximum absolute atomic E-state index is 14.7. The van der Waals surface area contributed by atoms with Crippen LogP contribution in [0.25, 0.3) is 0 Å². The lowest BCUT2D eigenvalue weighted by molar-refractivity contribution is -0.137. The van der Waals surface area contributed by atoms with Crippen LogP contribution in [0.5, 0.6) is 0 Å². The summed E-state index contributed by atoms with van der Waals surface area (Å²) in [5, 5.41) is 2.62. The van der Waals surface area contributed by atoms with Gasteiger partial charge in [0.25, 0.3) is 5.91 Å². The van der Waals surface area contributed by atoms with Crippen molar-refractivity contribution in [3.63, 3.8) is 0 Å². The Labute approximate surface area is 201 Å². The van der Waals surface area contributed by atoms with E-state index in [0.29, 0.717) is 31.4 Å². The minimum atomic E-state index is -4.53. The van der Waals surface area contributed by atoms with Gasteiger partial charge in [0.1, 0.15) is 5.82 Å². The number of aryl methyl sites for hydroxylation is 1. The molecule has 184 valence electrons. The Morgan fingerprint density at radius 2 is 1.86 bits per heavy atom. The van der Waals surface area contributed by atoms with Gasteiger partial charge in [-0.1, -0.05) is 42.5 Å². The summed E-state index contributed by atoms with van der Waals surface area (Å²) in [6, 6.07) is 8.34. The highest BCUT2D eigenvalue weighted by molar-refractivity contribution is 5.98. The molecular formula is C27H26F4N2O2. The Kier molecular flexibility index (Phi) is 7.10. The number of rotatable bonds is 4. The van der Waals surface area contributed by atoms with Crippen molar-refractivity contribution < 1.29 is 27.2 Å². The quantitative estimate of drug-likeness (QED) is 0.528. The molecule has 0 spiro atoms. The van der Waals surface area contributed by atoms with E-state index in [1.165, 1.54) is 24.3 Å². The van der Waals surface area contributed by atoms with Crippen molar-refractivity contribution in [2.45, 2.75) is 38.4 Å². The molecule has 1 aliphatic carbocycles. The molecule has 1 saturated heterocycles. The fraction of sp³-hybridized carbons (Fsp3) is 0.333. The molecule has 0 aromatic heterocycles. The number of anilines is 1. The van der Waals surface area contributed by atoms with Crippen molar-refractivity contribution in [3.05, 3.63) is 89.3 Å². The van der Waals surface area contributed by atoms with Crippen LogP contribution in [0, 0.1) is 24.6 Å². The lowest BCUT2D eigenvalue weighted by Gasteiger charge is -2.44. The first-order valence-corrected chi connectivity index (χ1v) is 11.5. The summed E-state index contributed by atoms with van der Waals surface area (Å²) >= 11 is 0. The van der Waals surface area contributed by atoms with Gasteiger partial charge < -0.3 is 10.2 Å². The van der Waals surface area contributed by atoms with Crippen molar-refractivity contribution in [1.29, 1.82) is 0 Å². The van der Waals surface area contributed by atoms with Crippen molar-refractivity contribution in [3.8, 4) is 0 Å². The van der Waals surface area contributed by atoms with Crippen LogP contribution >= 0.6 is 0 Å². The van der Waals surface area contributed by atoms with E-state index < -0.39 is 41.3 Å². The van der Waals surface area contributed by atoms with E-state index in [9.17, 15) is 27.2 Å². The number of piperidine rings is 1. The average Bonchev–Trinajstić information content (AvgIpc) is 2.83. The molecule has 4 nitrogen and oxygen atoms in total. The van der Waals surface area contributed by atoms with E-state index in [-0.39, 0.29) is 17.2 Å². The number of carbonyl (C=O) groups is 2. The molecule has 2 aliphatic rings. The van der Waals surface area contributed by atoms with Gasteiger partial charge in [0.05, 0.1) is 23.1 Å². The lowest BCUT2D eigenvalue weighted by Crippen LogP contribution is -2.55. The summed E-state index contributed by atoms with van der Waals surface area (Å²) < 4.78 is 54.0. The average molecular weight is 487 g/mol. The Balaban J connectivity index is 1.65. The number of carbonyl (C=O) groups excluding carboxylic acids is 2. The van der Waals surface area contributed by atoms with E-state index in [1.807, 2.05) is 24.3 Å². The molecule has 2 unspecified atom stereocenters. The van der Waals surface area contributed by atoms with Gasteiger partial charge >= 0.3 is 6.18 Å². The van der Waals surface area contributed by atoms with Gasteiger partial charge in [-0.15, -0.1) is 0 Å². The SMILES string of the molecule is Cc1cccc(F)c1C(=O)N1CCCC(C(=O)Nc2cccc(C(F)(F)F)c2)C1[C@@H]1C=CC=CC1. The summed E-state index contributed by atoms with van der Waals surface area (Å²) in [4.78, 5) is 28.5. The normalized spacial score (nSPS) is 22.2. The van der Waals surface area contributed by atoms with Crippen LogP contribution in [0.1, 0.15) is 40.7 Å². The molecule has 1 fully saturated rings. The lowest BCUT2D eigenvalue weighted by atomic mass is 9.77. The van der Waals surface area contributed by atoms with E-state index >= 15 is 0 Å². The zero-order chi connectivity index (χ0) is 25.2. The van der Waals surface area contributed by atoms with E-state index in [2.05, 4.69) is 5.32 Å². The molecule has 2 aromatic carbocycles. The van der Waals surface area contributed by atoms with Crippen LogP contribution < -0.4 is 5.32 Å². The van der Waals surface area contributed by atoms with Crippen LogP contribution in [0.2, 0.25) is 0 Å². The molecule has 0 radical (unpaired) electrons. The molecule has 4 rings (SSSR count). The monoisotopic (exact) mass is 486 g/mol.